The highest BCUT2D eigenvalue weighted by atomic mass is 19.1. The van der Waals surface area contributed by atoms with Crippen LogP contribution in [0.4, 0.5) is 4.39 Å². The van der Waals surface area contributed by atoms with Crippen molar-refractivity contribution in [3.05, 3.63) is 59.4 Å². The third-order valence-electron chi connectivity index (χ3n) is 3.33. The number of hydrogen-bond acceptors (Lipinski definition) is 3. The van der Waals surface area contributed by atoms with Crippen LogP contribution in [0.5, 0.6) is 11.5 Å². The molecule has 0 unspecified atom stereocenters. The summed E-state index contributed by atoms with van der Waals surface area (Å²) in [6.45, 7) is 1.30. The Labute approximate surface area is 124 Å². The van der Waals surface area contributed by atoms with Crippen molar-refractivity contribution < 1.29 is 13.9 Å². The van der Waals surface area contributed by atoms with Crippen LogP contribution in [-0.2, 0) is 13.0 Å². The summed E-state index contributed by atoms with van der Waals surface area (Å²) in [6, 6.07) is 12.9. The number of rotatable bonds is 7. The van der Waals surface area contributed by atoms with Gasteiger partial charge in [0.15, 0.2) is 0 Å². The second-order valence-electron chi connectivity index (χ2n) is 4.73. The maximum Gasteiger partial charge on any atom is 0.131 e. The third-order valence-corrected chi connectivity index (χ3v) is 3.33. The summed E-state index contributed by atoms with van der Waals surface area (Å²) in [7, 11) is 3.18. The van der Waals surface area contributed by atoms with E-state index in [1.54, 1.807) is 19.2 Å². The third kappa shape index (κ3) is 4.46. The summed E-state index contributed by atoms with van der Waals surface area (Å²) in [5.74, 6) is 1.15. The minimum Gasteiger partial charge on any atom is -0.497 e. The number of hydrogen-bond donors (Lipinski definition) is 1. The topological polar surface area (TPSA) is 30.5 Å². The highest BCUT2D eigenvalue weighted by Crippen LogP contribution is 2.16. The van der Waals surface area contributed by atoms with Gasteiger partial charge in [0.05, 0.1) is 14.2 Å². The van der Waals surface area contributed by atoms with Crippen LogP contribution >= 0.6 is 0 Å². The van der Waals surface area contributed by atoms with Crippen molar-refractivity contribution in [3.63, 3.8) is 0 Å². The maximum atomic E-state index is 13.7. The van der Waals surface area contributed by atoms with Crippen molar-refractivity contribution in [2.75, 3.05) is 20.8 Å². The first-order chi connectivity index (χ1) is 10.2. The molecule has 0 spiro atoms. The Morgan fingerprint density at radius 3 is 2.24 bits per heavy atom. The molecule has 0 saturated carbocycles. The van der Waals surface area contributed by atoms with E-state index in [2.05, 4.69) is 5.32 Å². The van der Waals surface area contributed by atoms with Crippen LogP contribution in [0.2, 0.25) is 0 Å². The smallest absolute Gasteiger partial charge is 0.131 e. The van der Waals surface area contributed by atoms with Crippen LogP contribution in [-0.4, -0.2) is 20.8 Å². The SMILES string of the molecule is COc1ccc(CCNCc2ccc(OC)cc2F)cc1. The summed E-state index contributed by atoms with van der Waals surface area (Å²) in [4.78, 5) is 0. The van der Waals surface area contributed by atoms with E-state index in [1.165, 1.54) is 18.7 Å². The molecule has 0 amide bonds. The molecule has 0 aliphatic heterocycles. The van der Waals surface area contributed by atoms with Crippen LogP contribution in [0.1, 0.15) is 11.1 Å². The van der Waals surface area contributed by atoms with Gasteiger partial charge in [0.1, 0.15) is 17.3 Å². The van der Waals surface area contributed by atoms with Gasteiger partial charge in [-0.1, -0.05) is 18.2 Å². The van der Waals surface area contributed by atoms with E-state index in [9.17, 15) is 4.39 Å². The summed E-state index contributed by atoms with van der Waals surface area (Å²) < 4.78 is 23.8. The van der Waals surface area contributed by atoms with E-state index < -0.39 is 0 Å². The Morgan fingerprint density at radius 1 is 0.952 bits per heavy atom. The molecule has 1 N–H and O–H groups in total. The first-order valence-electron chi connectivity index (χ1n) is 6.89. The standard InChI is InChI=1S/C17H20FNO2/c1-20-15-6-3-13(4-7-15)9-10-19-12-14-5-8-16(21-2)11-17(14)18/h3-8,11,19H,9-10,12H2,1-2H3. The molecule has 0 fully saturated rings. The zero-order valence-corrected chi connectivity index (χ0v) is 12.4. The summed E-state index contributed by atoms with van der Waals surface area (Å²) in [5, 5.41) is 3.25. The van der Waals surface area contributed by atoms with E-state index >= 15 is 0 Å². The van der Waals surface area contributed by atoms with Crippen LogP contribution in [0.25, 0.3) is 0 Å². The van der Waals surface area contributed by atoms with Crippen LogP contribution in [0, 0.1) is 5.82 Å². The van der Waals surface area contributed by atoms with Gasteiger partial charge in [-0.2, -0.15) is 0 Å². The summed E-state index contributed by atoms with van der Waals surface area (Å²) in [5.41, 5.74) is 1.86. The molecule has 0 bridgehead atoms. The van der Waals surface area contributed by atoms with E-state index in [4.69, 9.17) is 9.47 Å². The number of methoxy groups -OCH3 is 2. The molecule has 3 nitrogen and oxygen atoms in total. The molecule has 2 aromatic rings. The molecular weight excluding hydrogens is 269 g/mol. The largest absolute Gasteiger partial charge is 0.497 e. The zero-order chi connectivity index (χ0) is 15.1. The van der Waals surface area contributed by atoms with Gasteiger partial charge in [-0.15, -0.1) is 0 Å². The fraction of sp³-hybridized carbons (Fsp3) is 0.294. The zero-order valence-electron chi connectivity index (χ0n) is 12.4. The molecule has 2 rings (SSSR count). The summed E-state index contributed by atoms with van der Waals surface area (Å²) in [6.07, 6.45) is 0.891. The summed E-state index contributed by atoms with van der Waals surface area (Å²) >= 11 is 0. The predicted molar refractivity (Wildman–Crippen MR) is 81.4 cm³/mol. The molecule has 21 heavy (non-hydrogen) atoms. The molecule has 0 atom stereocenters. The Morgan fingerprint density at radius 2 is 1.62 bits per heavy atom. The highest BCUT2D eigenvalue weighted by Gasteiger charge is 2.03. The normalized spacial score (nSPS) is 10.4. The minimum atomic E-state index is -0.244. The molecule has 2 aromatic carbocycles. The molecule has 0 aliphatic rings. The van der Waals surface area contributed by atoms with Crippen molar-refractivity contribution in [1.29, 1.82) is 0 Å². The second-order valence-corrected chi connectivity index (χ2v) is 4.73. The lowest BCUT2D eigenvalue weighted by Gasteiger charge is -2.08. The van der Waals surface area contributed by atoms with Gasteiger partial charge in [-0.3, -0.25) is 0 Å². The van der Waals surface area contributed by atoms with Gasteiger partial charge < -0.3 is 14.8 Å². The van der Waals surface area contributed by atoms with E-state index in [-0.39, 0.29) is 5.82 Å². The van der Waals surface area contributed by atoms with Gasteiger partial charge in [0.2, 0.25) is 0 Å². The number of benzene rings is 2. The average molecular weight is 289 g/mol. The Kier molecular flexibility index (Phi) is 5.58. The van der Waals surface area contributed by atoms with Gasteiger partial charge in [0.25, 0.3) is 0 Å². The first kappa shape index (κ1) is 15.3. The molecule has 0 radical (unpaired) electrons. The van der Waals surface area contributed by atoms with Crippen LogP contribution in [0.15, 0.2) is 42.5 Å². The molecule has 112 valence electrons. The fourth-order valence-electron chi connectivity index (χ4n) is 2.05. The van der Waals surface area contributed by atoms with E-state index in [0.717, 1.165) is 18.7 Å². The second kappa shape index (κ2) is 7.64. The number of ether oxygens (including phenoxy) is 2. The average Bonchev–Trinajstić information content (AvgIpc) is 2.53. The lowest BCUT2D eigenvalue weighted by molar-refractivity contribution is 0.410. The molecule has 0 saturated heterocycles. The maximum absolute atomic E-state index is 13.7. The first-order valence-corrected chi connectivity index (χ1v) is 6.89. The number of halogens is 1. The molecule has 0 aliphatic carbocycles. The molecule has 4 heteroatoms. The molecule has 0 aromatic heterocycles. The quantitative estimate of drug-likeness (QED) is 0.794. The van der Waals surface area contributed by atoms with E-state index in [0.29, 0.717) is 17.9 Å². The molecular formula is C17H20FNO2. The van der Waals surface area contributed by atoms with Crippen molar-refractivity contribution in [2.24, 2.45) is 0 Å². The number of nitrogens with one attached hydrogen (secondary N) is 1. The monoisotopic (exact) mass is 289 g/mol. The van der Waals surface area contributed by atoms with Gasteiger partial charge in [-0.05, 0) is 36.7 Å². The van der Waals surface area contributed by atoms with E-state index in [1.807, 2.05) is 24.3 Å². The lowest BCUT2D eigenvalue weighted by Crippen LogP contribution is -2.17. The lowest BCUT2D eigenvalue weighted by atomic mass is 10.1. The van der Waals surface area contributed by atoms with Crippen LogP contribution < -0.4 is 14.8 Å². The molecule has 0 heterocycles. The fourth-order valence-corrected chi connectivity index (χ4v) is 2.05. The van der Waals surface area contributed by atoms with Gasteiger partial charge >= 0.3 is 0 Å². The Hall–Kier alpha value is -2.07. The highest BCUT2D eigenvalue weighted by molar-refractivity contribution is 5.29. The Balaban J connectivity index is 1.78. The van der Waals surface area contributed by atoms with Crippen molar-refractivity contribution in [3.8, 4) is 11.5 Å². The van der Waals surface area contributed by atoms with Gasteiger partial charge in [0, 0.05) is 18.2 Å². The Bertz CT molecular complexity index is 570. The predicted octanol–water partition coefficient (Wildman–Crippen LogP) is 3.18. The van der Waals surface area contributed by atoms with Crippen LogP contribution in [0.3, 0.4) is 0 Å². The van der Waals surface area contributed by atoms with Crippen molar-refractivity contribution >= 4 is 0 Å². The van der Waals surface area contributed by atoms with Crippen molar-refractivity contribution in [2.45, 2.75) is 13.0 Å². The minimum absolute atomic E-state index is 0.244. The van der Waals surface area contributed by atoms with Crippen molar-refractivity contribution in [1.82, 2.24) is 5.32 Å². The van der Waals surface area contributed by atoms with Gasteiger partial charge in [-0.25, -0.2) is 4.39 Å².